The average Bonchev–Trinajstić information content (AvgIpc) is 2.93. The molecule has 4 rings (SSSR count). The lowest BCUT2D eigenvalue weighted by atomic mass is 9.74. The highest BCUT2D eigenvalue weighted by atomic mass is 16.6. The van der Waals surface area contributed by atoms with Crippen LogP contribution in [-0.4, -0.2) is 35.0 Å². The molecule has 1 atom stereocenters. The number of piperidine rings is 1. The van der Waals surface area contributed by atoms with E-state index in [2.05, 4.69) is 0 Å². The Kier molecular flexibility index (Phi) is 4.88. The normalized spacial score (nSPS) is 21.2. The molecule has 2 aromatic carbocycles. The number of benzene rings is 2. The summed E-state index contributed by atoms with van der Waals surface area (Å²) in [5.74, 6) is -0.762. The number of hydrogen-bond donors (Lipinski definition) is 0. The highest BCUT2D eigenvalue weighted by Gasteiger charge is 2.59. The van der Waals surface area contributed by atoms with Crippen LogP contribution in [0.15, 0.2) is 54.6 Å². The van der Waals surface area contributed by atoms with E-state index in [9.17, 15) is 14.4 Å². The van der Waals surface area contributed by atoms with E-state index in [1.165, 1.54) is 0 Å². The SMILES string of the molecule is CC(C)(C)OC(=O)N1CCCC2(C1=O)C(=O)N(Cc1ccccc1)c1ccccc12. The van der Waals surface area contributed by atoms with Gasteiger partial charge in [0.25, 0.3) is 5.91 Å². The zero-order valence-corrected chi connectivity index (χ0v) is 17.6. The molecule has 0 radical (unpaired) electrons. The summed E-state index contributed by atoms with van der Waals surface area (Å²) in [5.41, 5.74) is 0.277. The fourth-order valence-corrected chi connectivity index (χ4v) is 4.33. The van der Waals surface area contributed by atoms with Gasteiger partial charge in [0.05, 0.1) is 6.54 Å². The van der Waals surface area contributed by atoms with Gasteiger partial charge in [-0.2, -0.15) is 0 Å². The largest absolute Gasteiger partial charge is 0.443 e. The van der Waals surface area contributed by atoms with Gasteiger partial charge < -0.3 is 9.64 Å². The molecule has 6 nitrogen and oxygen atoms in total. The van der Waals surface area contributed by atoms with Gasteiger partial charge in [-0.3, -0.25) is 9.59 Å². The minimum atomic E-state index is -1.37. The molecular formula is C24H26N2O4. The molecule has 3 amide bonds. The van der Waals surface area contributed by atoms with Crippen LogP contribution in [0.1, 0.15) is 44.7 Å². The summed E-state index contributed by atoms with van der Waals surface area (Å²) >= 11 is 0. The van der Waals surface area contributed by atoms with Gasteiger partial charge >= 0.3 is 6.09 Å². The Hall–Kier alpha value is -3.15. The molecular weight excluding hydrogens is 380 g/mol. The Labute approximate surface area is 176 Å². The number of likely N-dealkylation sites (tertiary alicyclic amines) is 1. The Bertz CT molecular complexity index is 996. The maximum absolute atomic E-state index is 13.7. The van der Waals surface area contributed by atoms with Crippen molar-refractivity contribution in [3.63, 3.8) is 0 Å². The van der Waals surface area contributed by atoms with Crippen LogP contribution in [-0.2, 0) is 26.3 Å². The summed E-state index contributed by atoms with van der Waals surface area (Å²) in [5, 5.41) is 0. The first kappa shape index (κ1) is 20.1. The number of amides is 3. The van der Waals surface area contributed by atoms with Crippen molar-refractivity contribution in [2.24, 2.45) is 0 Å². The molecule has 1 saturated heterocycles. The van der Waals surface area contributed by atoms with E-state index < -0.39 is 23.0 Å². The molecule has 0 bridgehead atoms. The van der Waals surface area contributed by atoms with Crippen molar-refractivity contribution in [3.8, 4) is 0 Å². The predicted molar refractivity (Wildman–Crippen MR) is 113 cm³/mol. The van der Waals surface area contributed by atoms with Crippen molar-refractivity contribution in [1.29, 1.82) is 0 Å². The van der Waals surface area contributed by atoms with Crippen LogP contribution >= 0.6 is 0 Å². The number of imide groups is 1. The average molecular weight is 406 g/mol. The van der Waals surface area contributed by atoms with Gasteiger partial charge in [-0.25, -0.2) is 9.69 Å². The Morgan fingerprint density at radius 2 is 1.67 bits per heavy atom. The number of fused-ring (bicyclic) bond motifs is 2. The van der Waals surface area contributed by atoms with Gasteiger partial charge in [0.1, 0.15) is 5.60 Å². The van der Waals surface area contributed by atoms with Gasteiger partial charge in [0.2, 0.25) is 5.91 Å². The van der Waals surface area contributed by atoms with Crippen molar-refractivity contribution < 1.29 is 19.1 Å². The Morgan fingerprint density at radius 3 is 2.37 bits per heavy atom. The third-order valence-electron chi connectivity index (χ3n) is 5.61. The van der Waals surface area contributed by atoms with E-state index in [4.69, 9.17) is 4.74 Å². The summed E-state index contributed by atoms with van der Waals surface area (Å²) in [6.45, 7) is 5.90. The smallest absolute Gasteiger partial charge is 0.417 e. The van der Waals surface area contributed by atoms with Crippen LogP contribution in [0.5, 0.6) is 0 Å². The van der Waals surface area contributed by atoms with Crippen LogP contribution in [0, 0.1) is 0 Å². The molecule has 1 fully saturated rings. The van der Waals surface area contributed by atoms with Gasteiger partial charge in [-0.15, -0.1) is 0 Å². The van der Waals surface area contributed by atoms with Gasteiger partial charge in [0, 0.05) is 17.8 Å². The fraction of sp³-hybridized carbons (Fsp3) is 0.375. The number of anilines is 1. The second-order valence-corrected chi connectivity index (χ2v) is 8.84. The van der Waals surface area contributed by atoms with Crippen molar-refractivity contribution in [2.75, 3.05) is 11.4 Å². The molecule has 0 aromatic heterocycles. The van der Waals surface area contributed by atoms with Crippen LogP contribution in [0.3, 0.4) is 0 Å². The van der Waals surface area contributed by atoms with Crippen molar-refractivity contribution in [2.45, 2.75) is 51.2 Å². The highest BCUT2D eigenvalue weighted by Crippen LogP contribution is 2.48. The van der Waals surface area contributed by atoms with E-state index in [-0.39, 0.29) is 12.5 Å². The van der Waals surface area contributed by atoms with E-state index in [1.54, 1.807) is 25.7 Å². The molecule has 156 valence electrons. The van der Waals surface area contributed by atoms with Crippen LogP contribution in [0.4, 0.5) is 10.5 Å². The van der Waals surface area contributed by atoms with Crippen LogP contribution < -0.4 is 4.90 Å². The lowest BCUT2D eigenvalue weighted by Crippen LogP contribution is -2.58. The maximum Gasteiger partial charge on any atom is 0.417 e. The topological polar surface area (TPSA) is 66.9 Å². The number of hydrogen-bond acceptors (Lipinski definition) is 4. The molecule has 30 heavy (non-hydrogen) atoms. The number of carbonyl (C=O) groups is 3. The van der Waals surface area contributed by atoms with Gasteiger partial charge in [-0.1, -0.05) is 48.5 Å². The second kappa shape index (κ2) is 7.27. The van der Waals surface area contributed by atoms with Gasteiger partial charge in [0.15, 0.2) is 5.41 Å². The zero-order valence-electron chi connectivity index (χ0n) is 17.6. The molecule has 2 aliphatic rings. The van der Waals surface area contributed by atoms with Crippen molar-refractivity contribution in [3.05, 3.63) is 65.7 Å². The van der Waals surface area contributed by atoms with Crippen LogP contribution in [0.25, 0.3) is 0 Å². The Morgan fingerprint density at radius 1 is 1.00 bits per heavy atom. The number of rotatable bonds is 2. The summed E-state index contributed by atoms with van der Waals surface area (Å²) < 4.78 is 5.44. The van der Waals surface area contributed by atoms with Gasteiger partial charge in [-0.05, 0) is 45.2 Å². The van der Waals surface area contributed by atoms with Crippen molar-refractivity contribution in [1.82, 2.24) is 4.90 Å². The molecule has 2 heterocycles. The maximum atomic E-state index is 13.7. The quantitative estimate of drug-likeness (QED) is 0.707. The third-order valence-corrected chi connectivity index (χ3v) is 5.61. The first-order valence-corrected chi connectivity index (χ1v) is 10.2. The summed E-state index contributed by atoms with van der Waals surface area (Å²) in [4.78, 5) is 42.8. The minimum Gasteiger partial charge on any atom is -0.443 e. The fourth-order valence-electron chi connectivity index (χ4n) is 4.33. The summed E-state index contributed by atoms with van der Waals surface area (Å²) in [7, 11) is 0. The summed E-state index contributed by atoms with van der Waals surface area (Å²) in [6, 6.07) is 17.1. The third kappa shape index (κ3) is 3.26. The molecule has 0 saturated carbocycles. The van der Waals surface area contributed by atoms with E-state index in [0.29, 0.717) is 24.9 Å². The van der Waals surface area contributed by atoms with E-state index in [1.807, 2.05) is 54.6 Å². The molecule has 2 aromatic rings. The second-order valence-electron chi connectivity index (χ2n) is 8.84. The number of carbonyl (C=O) groups excluding carboxylic acids is 3. The highest BCUT2D eigenvalue weighted by molar-refractivity contribution is 6.23. The number of para-hydroxylation sites is 1. The molecule has 0 aliphatic carbocycles. The summed E-state index contributed by atoms with van der Waals surface area (Å²) in [6.07, 6.45) is 0.231. The number of ether oxygens (including phenoxy) is 1. The van der Waals surface area contributed by atoms with E-state index in [0.717, 1.165) is 16.2 Å². The number of nitrogens with zero attached hydrogens (tertiary/aromatic N) is 2. The standard InChI is InChI=1S/C24H26N2O4/c1-23(2,3)30-22(29)25-15-9-14-24(20(25)27)18-12-7-8-13-19(18)26(21(24)28)16-17-10-5-4-6-11-17/h4-8,10-13H,9,14-16H2,1-3H3. The minimum absolute atomic E-state index is 0.254. The molecule has 0 N–H and O–H groups in total. The molecule has 2 aliphatic heterocycles. The lowest BCUT2D eigenvalue weighted by Gasteiger charge is -2.37. The van der Waals surface area contributed by atoms with E-state index >= 15 is 0 Å². The first-order valence-electron chi connectivity index (χ1n) is 10.2. The first-order chi connectivity index (χ1) is 14.2. The van der Waals surface area contributed by atoms with Crippen molar-refractivity contribution >= 4 is 23.6 Å². The Balaban J connectivity index is 1.73. The zero-order chi connectivity index (χ0) is 21.5. The van der Waals surface area contributed by atoms with Crippen LogP contribution in [0.2, 0.25) is 0 Å². The lowest BCUT2D eigenvalue weighted by molar-refractivity contribution is -0.145. The predicted octanol–water partition coefficient (Wildman–Crippen LogP) is 4.03. The molecule has 6 heteroatoms. The molecule has 1 unspecified atom stereocenters. The molecule has 1 spiro atoms. The monoisotopic (exact) mass is 406 g/mol.